The molecule has 1 aliphatic heterocycles. The number of unbranched alkanes of at least 4 members (excludes halogenated alkanes) is 3. The summed E-state index contributed by atoms with van der Waals surface area (Å²) in [7, 11) is 0. The van der Waals surface area contributed by atoms with Gasteiger partial charge in [-0.15, -0.1) is 11.6 Å². The number of hydrogen-bond acceptors (Lipinski definition) is 5. The normalized spacial score (nSPS) is 14.2. The maximum Gasteiger partial charge on any atom is 0.358 e. The number of carbonyl (C=O) groups excluding carboxylic acids is 2. The van der Waals surface area contributed by atoms with E-state index >= 15 is 0 Å². The van der Waals surface area contributed by atoms with Crippen LogP contribution < -0.4 is 10.1 Å². The number of Topliss-reactive ketones (excluding diaryl/α,β-unsaturated/α-hetero) is 1. The van der Waals surface area contributed by atoms with Crippen molar-refractivity contribution in [3.8, 4) is 11.5 Å². The molecule has 1 spiro atoms. The molecule has 9 heteroatoms. The van der Waals surface area contributed by atoms with Gasteiger partial charge in [0.25, 0.3) is 11.7 Å². The molecule has 3 aromatic rings. The van der Waals surface area contributed by atoms with Crippen LogP contribution in [0.25, 0.3) is 5.53 Å². The molecule has 0 fully saturated rings. The van der Waals surface area contributed by atoms with Gasteiger partial charge in [0.15, 0.2) is 5.41 Å². The van der Waals surface area contributed by atoms with Gasteiger partial charge in [-0.25, -0.2) is 0 Å². The quantitative estimate of drug-likeness (QED) is 0.125. The smallest absolute Gasteiger partial charge is 0.358 e. The van der Waals surface area contributed by atoms with Gasteiger partial charge in [-0.05, 0) is 48.7 Å². The van der Waals surface area contributed by atoms with Crippen molar-refractivity contribution in [2.45, 2.75) is 31.1 Å². The van der Waals surface area contributed by atoms with Crippen molar-refractivity contribution in [3.05, 3.63) is 100 Å². The number of benzene rings is 3. The van der Waals surface area contributed by atoms with Crippen LogP contribution in [0.4, 0.5) is 0 Å². The highest BCUT2D eigenvalue weighted by atomic mass is 35.5. The minimum atomic E-state index is -1.23. The molecule has 1 N–H and O–H groups in total. The monoisotopic (exact) mass is 573 g/mol. The third-order valence-corrected chi connectivity index (χ3v) is 7.75. The number of nitrogens with one attached hydrogen (secondary N) is 1. The van der Waals surface area contributed by atoms with E-state index in [2.05, 4.69) is 10.1 Å². The minimum absolute atomic E-state index is 0.0286. The highest BCUT2D eigenvalue weighted by molar-refractivity contribution is 6.52. The number of amides is 1. The molecule has 41 heavy (non-hydrogen) atoms. The van der Waals surface area contributed by atoms with Gasteiger partial charge < -0.3 is 25.1 Å². The van der Waals surface area contributed by atoms with Crippen LogP contribution in [-0.2, 0) is 14.9 Å². The Morgan fingerprint density at radius 1 is 0.854 bits per heavy atom. The van der Waals surface area contributed by atoms with Crippen molar-refractivity contribution in [2.75, 3.05) is 38.9 Å². The Hall–Kier alpha value is -3.81. The van der Waals surface area contributed by atoms with Gasteiger partial charge in [0.05, 0.1) is 19.8 Å². The topological polar surface area (TPSA) is 110 Å². The van der Waals surface area contributed by atoms with E-state index in [0.717, 1.165) is 25.7 Å². The summed E-state index contributed by atoms with van der Waals surface area (Å²) in [5, 5.41) is 2.88. The van der Waals surface area contributed by atoms with Crippen molar-refractivity contribution >= 4 is 29.0 Å². The van der Waals surface area contributed by atoms with Gasteiger partial charge in [-0.1, -0.05) is 49.2 Å². The standard InChI is InChI=1S/C32H32ClN3O5/c33-15-7-1-2-8-17-39-19-20-40-18-16-35-31(38)22-13-14-23-26(21-22)32(30(36-34)29(23)37)24-9-3-5-11-27(24)41-28-12-6-4-10-25(28)32/h3-6,9-14,21H,1-2,7-8,15-20H2,(H,35,38). The average molecular weight is 574 g/mol. The molecule has 1 amide bonds. The fourth-order valence-corrected chi connectivity index (χ4v) is 5.78. The lowest BCUT2D eigenvalue weighted by molar-refractivity contribution is -0.0118. The summed E-state index contributed by atoms with van der Waals surface area (Å²) in [6.07, 6.45) is 4.28. The third-order valence-electron chi connectivity index (χ3n) is 7.48. The maximum atomic E-state index is 13.5. The Bertz CT molecular complexity index is 1440. The molecule has 2 aliphatic rings. The number of nitrogens with zero attached hydrogens (tertiary/aromatic N) is 2. The molecule has 3 aromatic carbocycles. The van der Waals surface area contributed by atoms with Gasteiger partial charge in [0.1, 0.15) is 11.5 Å². The summed E-state index contributed by atoms with van der Waals surface area (Å²) in [5.41, 5.74) is 11.6. The highest BCUT2D eigenvalue weighted by Crippen LogP contribution is 2.55. The first kappa shape index (κ1) is 28.7. The predicted octanol–water partition coefficient (Wildman–Crippen LogP) is 5.56. The van der Waals surface area contributed by atoms with Gasteiger partial charge in [-0.3, -0.25) is 9.59 Å². The van der Waals surface area contributed by atoms with Crippen molar-refractivity contribution in [3.63, 3.8) is 0 Å². The zero-order valence-corrected chi connectivity index (χ0v) is 23.5. The van der Waals surface area contributed by atoms with E-state index in [1.54, 1.807) is 18.2 Å². The van der Waals surface area contributed by atoms with E-state index in [4.69, 9.17) is 25.8 Å². The lowest BCUT2D eigenvalue weighted by atomic mass is 9.67. The van der Waals surface area contributed by atoms with Gasteiger partial charge in [0, 0.05) is 41.3 Å². The Balaban J connectivity index is 1.29. The predicted molar refractivity (Wildman–Crippen MR) is 155 cm³/mol. The molecule has 212 valence electrons. The van der Waals surface area contributed by atoms with Crippen molar-refractivity contribution < 1.29 is 28.6 Å². The molecular formula is C32H32ClN3O5. The van der Waals surface area contributed by atoms with E-state index < -0.39 is 11.2 Å². The number of hydrogen-bond donors (Lipinski definition) is 1. The van der Waals surface area contributed by atoms with E-state index in [1.807, 2.05) is 48.5 Å². The Morgan fingerprint density at radius 2 is 1.51 bits per heavy atom. The number of alkyl halides is 1. The number of halogens is 1. The van der Waals surface area contributed by atoms with Crippen molar-refractivity contribution in [1.82, 2.24) is 5.32 Å². The lowest BCUT2D eigenvalue weighted by Gasteiger charge is -2.34. The number of rotatable bonds is 13. The molecule has 0 unspecified atom stereocenters. The molecule has 0 saturated heterocycles. The van der Waals surface area contributed by atoms with Crippen LogP contribution in [0.1, 0.15) is 63.1 Å². The first-order valence-electron chi connectivity index (χ1n) is 13.9. The third kappa shape index (κ3) is 5.56. The lowest BCUT2D eigenvalue weighted by Crippen LogP contribution is -2.40. The Kier molecular flexibility index (Phi) is 9.27. The first-order chi connectivity index (χ1) is 20.1. The fraction of sp³-hybridized carbons (Fsp3) is 0.344. The van der Waals surface area contributed by atoms with Gasteiger partial charge in [0.2, 0.25) is 0 Å². The SMILES string of the molecule is [N-]=[N+]=C1C(=O)c2ccc(C(=O)NCCOCCOCCCCCCCl)cc2C12c1ccccc1Oc1ccccc12. The number of ether oxygens (including phenoxy) is 3. The minimum Gasteiger partial charge on any atom is -0.457 e. The number of para-hydroxylation sites is 2. The van der Waals surface area contributed by atoms with Crippen LogP contribution >= 0.6 is 11.6 Å². The molecule has 0 bridgehead atoms. The summed E-state index contributed by atoms with van der Waals surface area (Å²) in [4.78, 5) is 30.2. The summed E-state index contributed by atoms with van der Waals surface area (Å²) < 4.78 is 17.3. The number of fused-ring (bicyclic) bond motifs is 6. The van der Waals surface area contributed by atoms with Crippen LogP contribution in [0, 0.1) is 0 Å². The Labute approximate surface area is 244 Å². The fourth-order valence-electron chi connectivity index (χ4n) is 5.59. The van der Waals surface area contributed by atoms with Crippen LogP contribution in [-0.4, -0.2) is 61.0 Å². The second-order valence-corrected chi connectivity index (χ2v) is 10.3. The molecule has 0 saturated carbocycles. The summed E-state index contributed by atoms with van der Waals surface area (Å²) >= 11 is 5.68. The van der Waals surface area contributed by atoms with E-state index in [0.29, 0.717) is 78.2 Å². The summed E-state index contributed by atoms with van der Waals surface area (Å²) in [5.74, 6) is 1.11. The molecule has 0 aromatic heterocycles. The second kappa shape index (κ2) is 13.2. The maximum absolute atomic E-state index is 13.5. The second-order valence-electron chi connectivity index (χ2n) is 9.97. The zero-order chi connectivity index (χ0) is 28.7. The zero-order valence-electron chi connectivity index (χ0n) is 22.7. The van der Waals surface area contributed by atoms with E-state index in [1.165, 1.54) is 0 Å². The molecule has 1 aliphatic carbocycles. The average Bonchev–Trinajstić information content (AvgIpc) is 3.25. The molecule has 0 atom stereocenters. The van der Waals surface area contributed by atoms with Crippen molar-refractivity contribution in [1.29, 1.82) is 0 Å². The number of ketones is 1. The van der Waals surface area contributed by atoms with Crippen LogP contribution in [0.2, 0.25) is 0 Å². The highest BCUT2D eigenvalue weighted by Gasteiger charge is 2.61. The van der Waals surface area contributed by atoms with Crippen LogP contribution in [0.5, 0.6) is 11.5 Å². The van der Waals surface area contributed by atoms with E-state index in [-0.39, 0.29) is 11.6 Å². The number of carbonyl (C=O) groups is 2. The van der Waals surface area contributed by atoms with Crippen LogP contribution in [0.3, 0.4) is 0 Å². The molecule has 5 rings (SSSR count). The molecule has 1 heterocycles. The summed E-state index contributed by atoms with van der Waals surface area (Å²) in [6, 6.07) is 19.7. The largest absolute Gasteiger partial charge is 0.457 e. The summed E-state index contributed by atoms with van der Waals surface area (Å²) in [6.45, 7) is 2.32. The van der Waals surface area contributed by atoms with E-state index in [9.17, 15) is 15.1 Å². The van der Waals surface area contributed by atoms with Gasteiger partial charge in [-0.2, -0.15) is 4.79 Å². The molecule has 0 radical (unpaired) electrons. The molecular weight excluding hydrogens is 542 g/mol. The Morgan fingerprint density at radius 3 is 2.20 bits per heavy atom. The molecule has 8 nitrogen and oxygen atoms in total. The van der Waals surface area contributed by atoms with Crippen molar-refractivity contribution in [2.24, 2.45) is 0 Å². The van der Waals surface area contributed by atoms with Gasteiger partial charge >= 0.3 is 5.71 Å². The van der Waals surface area contributed by atoms with Crippen LogP contribution in [0.15, 0.2) is 66.7 Å². The first-order valence-corrected chi connectivity index (χ1v) is 14.4.